The van der Waals surface area contributed by atoms with E-state index in [4.69, 9.17) is 5.14 Å². The summed E-state index contributed by atoms with van der Waals surface area (Å²) in [5, 5.41) is 18.3. The molecule has 4 rings (SSSR count). The van der Waals surface area contributed by atoms with Crippen molar-refractivity contribution < 1.29 is 17.6 Å². The van der Waals surface area contributed by atoms with Gasteiger partial charge in [0, 0.05) is 4.88 Å². The van der Waals surface area contributed by atoms with Gasteiger partial charge in [-0.3, -0.25) is 4.79 Å². The summed E-state index contributed by atoms with van der Waals surface area (Å²) >= 11 is 1.45. The molecule has 3 aromatic rings. The van der Waals surface area contributed by atoms with Crippen LogP contribution in [0.1, 0.15) is 40.0 Å². The number of fused-ring (bicyclic) bond motifs is 1. The normalized spacial score (nSPS) is 15.7. The Morgan fingerprint density at radius 1 is 1.09 bits per heavy atom. The van der Waals surface area contributed by atoms with E-state index in [1.54, 1.807) is 12.1 Å². The number of halogens is 1. The number of amides is 1. The van der Waals surface area contributed by atoms with E-state index in [2.05, 4.69) is 11.4 Å². The van der Waals surface area contributed by atoms with Crippen molar-refractivity contribution >= 4 is 32.3 Å². The lowest BCUT2D eigenvalue weighted by molar-refractivity contribution is -0.115. The number of aryl methyl sites for hydroxylation is 1. The maximum atomic E-state index is 13.2. The van der Waals surface area contributed by atoms with Crippen LogP contribution in [-0.2, 0) is 40.5 Å². The van der Waals surface area contributed by atoms with E-state index in [-0.39, 0.29) is 23.0 Å². The first-order valence-electron chi connectivity index (χ1n) is 10.9. The van der Waals surface area contributed by atoms with E-state index in [1.807, 2.05) is 12.1 Å². The lowest BCUT2D eigenvalue weighted by Gasteiger charge is -2.14. The van der Waals surface area contributed by atoms with Crippen LogP contribution in [0.2, 0.25) is 0 Å². The number of carbonyl (C=O) groups excluding carboxylic acids is 1. The van der Waals surface area contributed by atoms with Crippen molar-refractivity contribution in [2.24, 2.45) is 11.1 Å². The van der Waals surface area contributed by atoms with Crippen LogP contribution in [0.25, 0.3) is 0 Å². The third kappa shape index (κ3) is 5.70. The number of benzene rings is 2. The van der Waals surface area contributed by atoms with Crippen molar-refractivity contribution in [1.29, 1.82) is 5.26 Å². The predicted octanol–water partition coefficient (Wildman–Crippen LogP) is 4.33. The molecule has 0 aliphatic heterocycles. The van der Waals surface area contributed by atoms with Crippen molar-refractivity contribution in [1.82, 2.24) is 0 Å². The fourth-order valence-electron chi connectivity index (χ4n) is 4.32. The summed E-state index contributed by atoms with van der Waals surface area (Å²) < 4.78 is 35.9. The van der Waals surface area contributed by atoms with Gasteiger partial charge in [-0.05, 0) is 79.0 Å². The first-order chi connectivity index (χ1) is 16.2. The molecule has 6 nitrogen and oxygen atoms in total. The quantitative estimate of drug-likeness (QED) is 0.494. The zero-order chi connectivity index (χ0) is 24.3. The van der Waals surface area contributed by atoms with E-state index in [0.29, 0.717) is 22.0 Å². The number of hydrogen-bond donors (Lipinski definition) is 2. The number of nitriles is 1. The van der Waals surface area contributed by atoms with Gasteiger partial charge in [0.2, 0.25) is 15.9 Å². The third-order valence-corrected chi connectivity index (χ3v) is 8.23. The number of carbonyl (C=O) groups is 1. The fourth-order valence-corrected chi connectivity index (χ4v) is 6.07. The van der Waals surface area contributed by atoms with Crippen molar-refractivity contribution in [2.45, 2.75) is 43.4 Å². The Hall–Kier alpha value is -3.06. The second-order valence-electron chi connectivity index (χ2n) is 8.51. The van der Waals surface area contributed by atoms with Crippen molar-refractivity contribution in [3.8, 4) is 6.07 Å². The van der Waals surface area contributed by atoms with Crippen LogP contribution in [0.4, 0.5) is 9.39 Å². The molecule has 1 atom stereocenters. The smallest absolute Gasteiger partial charge is 0.238 e. The van der Waals surface area contributed by atoms with Crippen LogP contribution < -0.4 is 10.5 Å². The van der Waals surface area contributed by atoms with Gasteiger partial charge in [-0.15, -0.1) is 11.3 Å². The van der Waals surface area contributed by atoms with Gasteiger partial charge in [0.1, 0.15) is 16.9 Å². The van der Waals surface area contributed by atoms with Gasteiger partial charge in [-0.2, -0.15) is 5.26 Å². The molecule has 2 aromatic carbocycles. The fraction of sp³-hybridized carbons (Fsp3) is 0.280. The van der Waals surface area contributed by atoms with E-state index < -0.39 is 10.0 Å². The number of anilines is 1. The molecule has 1 amide bonds. The first kappa shape index (κ1) is 24.1. The number of nitrogens with zero attached hydrogens (tertiary/aromatic N) is 1. The molecule has 1 aliphatic rings. The number of thiophene rings is 1. The highest BCUT2D eigenvalue weighted by atomic mass is 32.2. The lowest BCUT2D eigenvalue weighted by Crippen LogP contribution is -2.15. The summed E-state index contributed by atoms with van der Waals surface area (Å²) in [5.41, 5.74) is 3.30. The van der Waals surface area contributed by atoms with Gasteiger partial charge in [0.15, 0.2) is 0 Å². The summed E-state index contributed by atoms with van der Waals surface area (Å²) in [6.45, 7) is 0. The van der Waals surface area contributed by atoms with Crippen molar-refractivity contribution in [2.75, 3.05) is 5.32 Å². The minimum Gasteiger partial charge on any atom is -0.316 e. The molecule has 1 aliphatic carbocycles. The molecule has 1 aromatic heterocycles. The second kappa shape index (κ2) is 10.1. The number of nitrogens with two attached hydrogens (primary N) is 1. The molecule has 0 fully saturated rings. The molecular formula is C25H24FN3O3S2. The molecule has 0 saturated heterocycles. The van der Waals surface area contributed by atoms with Crippen molar-refractivity contribution in [3.05, 3.63) is 81.5 Å². The zero-order valence-electron chi connectivity index (χ0n) is 18.4. The molecule has 1 unspecified atom stereocenters. The van der Waals surface area contributed by atoms with E-state index >= 15 is 0 Å². The highest BCUT2D eigenvalue weighted by Gasteiger charge is 2.24. The predicted molar refractivity (Wildman–Crippen MR) is 129 cm³/mol. The summed E-state index contributed by atoms with van der Waals surface area (Å²) in [5.74, 6) is -0.0547. The summed E-state index contributed by atoms with van der Waals surface area (Å²) in [6.07, 6.45) is 4.44. The Labute approximate surface area is 202 Å². The molecule has 0 radical (unpaired) electrons. The van der Waals surface area contributed by atoms with E-state index in [9.17, 15) is 22.9 Å². The number of rotatable bonds is 6. The van der Waals surface area contributed by atoms with Crippen LogP contribution >= 0.6 is 11.3 Å². The minimum absolute atomic E-state index is 0.0110. The van der Waals surface area contributed by atoms with Gasteiger partial charge in [0.25, 0.3) is 0 Å². The average molecular weight is 498 g/mol. The van der Waals surface area contributed by atoms with Crippen LogP contribution in [0.3, 0.4) is 0 Å². The van der Waals surface area contributed by atoms with Crippen LogP contribution in [0.5, 0.6) is 0 Å². The molecular weight excluding hydrogens is 473 g/mol. The molecule has 9 heteroatoms. The topological polar surface area (TPSA) is 113 Å². The van der Waals surface area contributed by atoms with Gasteiger partial charge in [-0.1, -0.05) is 24.3 Å². The summed E-state index contributed by atoms with van der Waals surface area (Å²) in [4.78, 5) is 13.7. The minimum atomic E-state index is -3.78. The van der Waals surface area contributed by atoms with E-state index in [1.165, 1.54) is 35.6 Å². The first-order valence-corrected chi connectivity index (χ1v) is 13.3. The molecule has 0 bridgehead atoms. The summed E-state index contributed by atoms with van der Waals surface area (Å²) in [7, 11) is -3.78. The Morgan fingerprint density at radius 3 is 2.38 bits per heavy atom. The highest BCUT2D eigenvalue weighted by molar-refractivity contribution is 7.89. The van der Waals surface area contributed by atoms with Gasteiger partial charge in [0.05, 0.1) is 16.9 Å². The Balaban J connectivity index is 1.41. The molecule has 0 spiro atoms. The van der Waals surface area contributed by atoms with E-state index in [0.717, 1.165) is 48.1 Å². The molecule has 0 saturated carbocycles. The van der Waals surface area contributed by atoms with Gasteiger partial charge >= 0.3 is 0 Å². The number of nitrogens with one attached hydrogen (secondary N) is 1. The number of sulfonamides is 1. The molecule has 1 heterocycles. The zero-order valence-corrected chi connectivity index (χ0v) is 20.0. The van der Waals surface area contributed by atoms with Crippen molar-refractivity contribution in [3.63, 3.8) is 0 Å². The van der Waals surface area contributed by atoms with Crippen LogP contribution in [0, 0.1) is 23.1 Å². The average Bonchev–Trinajstić information content (AvgIpc) is 3.00. The maximum absolute atomic E-state index is 13.2. The number of primary sulfonamides is 1. The van der Waals surface area contributed by atoms with Gasteiger partial charge < -0.3 is 5.32 Å². The Bertz CT molecular complexity index is 1340. The standard InChI is InChI=1S/C25H24FN3O3S2/c26-19-7-1-16(2-8-19)13-17-5-11-21-22(15-27)25(33-23(21)12-6-17)29-24(30)14-18-3-9-20(10-4-18)34(28,31)32/h1-4,7-10,17H,5-6,11-14H2,(H,29,30)(H2,28,31,32). The SMILES string of the molecule is N#Cc1c(NC(=O)Cc2ccc(S(N)(=O)=O)cc2)sc2c1CCC(Cc1ccc(F)cc1)CC2. The highest BCUT2D eigenvalue weighted by Crippen LogP contribution is 2.38. The van der Waals surface area contributed by atoms with Gasteiger partial charge in [-0.25, -0.2) is 17.9 Å². The molecule has 34 heavy (non-hydrogen) atoms. The third-order valence-electron chi connectivity index (χ3n) is 6.09. The lowest BCUT2D eigenvalue weighted by atomic mass is 9.92. The van der Waals surface area contributed by atoms with Crippen LogP contribution in [0.15, 0.2) is 53.4 Å². The number of hydrogen-bond acceptors (Lipinski definition) is 5. The maximum Gasteiger partial charge on any atom is 0.238 e. The second-order valence-corrected chi connectivity index (χ2v) is 11.2. The Morgan fingerprint density at radius 2 is 1.74 bits per heavy atom. The van der Waals surface area contributed by atoms with Crippen LogP contribution in [-0.4, -0.2) is 14.3 Å². The molecule has 176 valence electrons. The molecule has 3 N–H and O–H groups in total. The summed E-state index contributed by atoms with van der Waals surface area (Å²) in [6, 6.07) is 14.7. The largest absolute Gasteiger partial charge is 0.316 e. The monoisotopic (exact) mass is 497 g/mol. The Kier molecular flexibility index (Phi) is 7.12.